The molecule has 0 unspecified atom stereocenters. The van der Waals surface area contributed by atoms with Crippen molar-refractivity contribution in [3.63, 3.8) is 0 Å². The van der Waals surface area contributed by atoms with Gasteiger partial charge in [0.25, 0.3) is 0 Å². The van der Waals surface area contributed by atoms with Gasteiger partial charge in [-0.25, -0.2) is 4.68 Å². The average molecular weight is 246 g/mol. The summed E-state index contributed by atoms with van der Waals surface area (Å²) in [6.07, 6.45) is 0.256. The molecule has 0 bridgehead atoms. The molecule has 0 aliphatic heterocycles. The Balaban J connectivity index is 2.27. The third-order valence-corrected chi connectivity index (χ3v) is 2.71. The van der Waals surface area contributed by atoms with E-state index in [1.54, 1.807) is 6.92 Å². The Kier molecular flexibility index (Phi) is 3.27. The van der Waals surface area contributed by atoms with E-state index in [-0.39, 0.29) is 6.42 Å². The zero-order valence-electron chi connectivity index (χ0n) is 9.95. The fourth-order valence-electron chi connectivity index (χ4n) is 1.61. The Hall–Kier alpha value is -2.37. The molecule has 0 spiro atoms. The number of hydrogen-bond acceptors (Lipinski definition) is 4. The number of aromatic nitrogens is 3. The summed E-state index contributed by atoms with van der Waals surface area (Å²) in [6, 6.07) is 9.40. The molecule has 0 saturated carbocycles. The maximum atomic E-state index is 10.8. The van der Waals surface area contributed by atoms with E-state index in [2.05, 4.69) is 10.2 Å². The molecule has 0 aliphatic rings. The highest BCUT2D eigenvalue weighted by atomic mass is 16.4. The van der Waals surface area contributed by atoms with Crippen molar-refractivity contribution < 1.29 is 9.90 Å². The number of carboxylic acids is 1. The fraction of sp³-hybridized carbons (Fsp3) is 0.250. The molecule has 1 heterocycles. The topological polar surface area (TPSA) is 94.0 Å². The Morgan fingerprint density at radius 3 is 2.67 bits per heavy atom. The van der Waals surface area contributed by atoms with Crippen molar-refractivity contribution in [3.8, 4) is 11.4 Å². The molecule has 0 aliphatic carbocycles. The quantitative estimate of drug-likeness (QED) is 0.782. The van der Waals surface area contributed by atoms with Gasteiger partial charge in [0.05, 0.1) is 5.92 Å². The number of carboxylic acid groups (broad SMARTS) is 1. The minimum Gasteiger partial charge on any atom is -0.481 e. The number of nitrogens with two attached hydrogens (primary N) is 1. The largest absolute Gasteiger partial charge is 0.481 e. The van der Waals surface area contributed by atoms with Crippen LogP contribution in [0.5, 0.6) is 0 Å². The molecule has 1 atom stereocenters. The summed E-state index contributed by atoms with van der Waals surface area (Å²) >= 11 is 0. The molecular weight excluding hydrogens is 232 g/mol. The second kappa shape index (κ2) is 4.87. The summed E-state index contributed by atoms with van der Waals surface area (Å²) in [5, 5.41) is 16.8. The summed E-state index contributed by atoms with van der Waals surface area (Å²) in [7, 11) is 0. The van der Waals surface area contributed by atoms with Gasteiger partial charge in [-0.05, 0) is 0 Å². The summed E-state index contributed by atoms with van der Waals surface area (Å²) in [6.45, 7) is 1.61. The maximum Gasteiger partial charge on any atom is 0.306 e. The van der Waals surface area contributed by atoms with E-state index in [9.17, 15) is 4.79 Å². The molecule has 2 rings (SSSR count). The number of nitrogens with zero attached hydrogens (tertiary/aromatic N) is 3. The second-order valence-corrected chi connectivity index (χ2v) is 4.12. The first kappa shape index (κ1) is 12.1. The van der Waals surface area contributed by atoms with Crippen LogP contribution in [0, 0.1) is 5.92 Å². The van der Waals surface area contributed by atoms with Gasteiger partial charge in [0.15, 0.2) is 11.6 Å². The predicted octanol–water partition coefficient (Wildman–Crippen LogP) is 0.922. The summed E-state index contributed by atoms with van der Waals surface area (Å²) in [4.78, 5) is 10.8. The van der Waals surface area contributed by atoms with E-state index >= 15 is 0 Å². The van der Waals surface area contributed by atoms with Crippen molar-refractivity contribution in [1.82, 2.24) is 14.9 Å². The number of benzene rings is 1. The summed E-state index contributed by atoms with van der Waals surface area (Å²) in [5.74, 6) is 5.46. The second-order valence-electron chi connectivity index (χ2n) is 4.12. The molecule has 0 radical (unpaired) electrons. The van der Waals surface area contributed by atoms with E-state index in [4.69, 9.17) is 10.9 Å². The molecule has 0 fully saturated rings. The van der Waals surface area contributed by atoms with Gasteiger partial charge >= 0.3 is 5.97 Å². The van der Waals surface area contributed by atoms with Crippen LogP contribution in [-0.2, 0) is 11.2 Å². The number of rotatable bonds is 4. The van der Waals surface area contributed by atoms with Crippen molar-refractivity contribution >= 4 is 5.97 Å². The maximum absolute atomic E-state index is 10.8. The fourth-order valence-corrected chi connectivity index (χ4v) is 1.61. The molecule has 3 N–H and O–H groups in total. The Morgan fingerprint density at radius 2 is 2.06 bits per heavy atom. The SMILES string of the molecule is C[C@@H](Cc1nnc(-c2ccccc2)n1N)C(=O)O. The molecule has 6 heteroatoms. The van der Waals surface area contributed by atoms with E-state index in [1.165, 1.54) is 4.68 Å². The zero-order valence-corrected chi connectivity index (χ0v) is 9.95. The molecule has 6 nitrogen and oxygen atoms in total. The first-order valence-corrected chi connectivity index (χ1v) is 5.57. The van der Waals surface area contributed by atoms with Gasteiger partial charge in [-0.1, -0.05) is 37.3 Å². The monoisotopic (exact) mass is 246 g/mol. The lowest BCUT2D eigenvalue weighted by molar-refractivity contribution is -0.141. The van der Waals surface area contributed by atoms with E-state index in [1.807, 2.05) is 30.3 Å². The highest BCUT2D eigenvalue weighted by Crippen LogP contribution is 2.16. The standard InChI is InChI=1S/C12H14N4O2/c1-8(12(17)18)7-10-14-15-11(16(10)13)9-5-3-2-4-6-9/h2-6,8H,7,13H2,1H3,(H,17,18)/t8-/m0/s1. The lowest BCUT2D eigenvalue weighted by Crippen LogP contribution is -2.19. The molecule has 0 saturated heterocycles. The van der Waals surface area contributed by atoms with Crippen molar-refractivity contribution in [3.05, 3.63) is 36.2 Å². The minimum atomic E-state index is -0.876. The van der Waals surface area contributed by atoms with Gasteiger partial charge in [0.2, 0.25) is 0 Å². The van der Waals surface area contributed by atoms with Crippen LogP contribution >= 0.6 is 0 Å². The summed E-state index contributed by atoms with van der Waals surface area (Å²) in [5.41, 5.74) is 0.849. The number of carbonyl (C=O) groups is 1. The molecule has 94 valence electrons. The van der Waals surface area contributed by atoms with Gasteiger partial charge in [-0.15, -0.1) is 10.2 Å². The van der Waals surface area contributed by atoms with Gasteiger partial charge in [-0.2, -0.15) is 0 Å². The van der Waals surface area contributed by atoms with Crippen molar-refractivity contribution in [2.24, 2.45) is 5.92 Å². The van der Waals surface area contributed by atoms with Crippen LogP contribution in [0.2, 0.25) is 0 Å². The van der Waals surface area contributed by atoms with Crippen molar-refractivity contribution in [2.45, 2.75) is 13.3 Å². The van der Waals surface area contributed by atoms with Gasteiger partial charge in [0.1, 0.15) is 0 Å². The molecule has 1 aromatic carbocycles. The lowest BCUT2D eigenvalue weighted by atomic mass is 10.1. The van der Waals surface area contributed by atoms with Crippen LogP contribution in [0.15, 0.2) is 30.3 Å². The van der Waals surface area contributed by atoms with Gasteiger partial charge in [-0.3, -0.25) is 4.79 Å². The van der Waals surface area contributed by atoms with Crippen molar-refractivity contribution in [1.29, 1.82) is 0 Å². The zero-order chi connectivity index (χ0) is 13.1. The van der Waals surface area contributed by atoms with Crippen LogP contribution in [-0.4, -0.2) is 25.9 Å². The summed E-state index contributed by atoms with van der Waals surface area (Å²) < 4.78 is 1.34. The van der Waals surface area contributed by atoms with Crippen LogP contribution in [0.1, 0.15) is 12.7 Å². The normalized spacial score (nSPS) is 12.3. The number of aliphatic carboxylic acids is 1. The first-order chi connectivity index (χ1) is 8.59. The van der Waals surface area contributed by atoms with Crippen LogP contribution in [0.25, 0.3) is 11.4 Å². The third kappa shape index (κ3) is 2.32. The van der Waals surface area contributed by atoms with Gasteiger partial charge < -0.3 is 10.9 Å². The first-order valence-electron chi connectivity index (χ1n) is 5.57. The average Bonchev–Trinajstić information content (AvgIpc) is 2.72. The lowest BCUT2D eigenvalue weighted by Gasteiger charge is -2.06. The molecule has 0 amide bonds. The van der Waals surface area contributed by atoms with E-state index < -0.39 is 11.9 Å². The van der Waals surface area contributed by atoms with Crippen molar-refractivity contribution in [2.75, 3.05) is 5.84 Å². The Bertz CT molecular complexity index is 550. The third-order valence-electron chi connectivity index (χ3n) is 2.71. The smallest absolute Gasteiger partial charge is 0.306 e. The number of nitrogen functional groups attached to an aromatic ring is 1. The molecule has 18 heavy (non-hydrogen) atoms. The molecule has 1 aromatic heterocycles. The van der Waals surface area contributed by atoms with E-state index in [0.717, 1.165) is 5.56 Å². The highest BCUT2D eigenvalue weighted by Gasteiger charge is 2.18. The molecule has 2 aromatic rings. The van der Waals surface area contributed by atoms with E-state index in [0.29, 0.717) is 11.6 Å². The Labute approximate surface area is 104 Å². The number of hydrogen-bond donors (Lipinski definition) is 2. The van der Waals surface area contributed by atoms with Crippen LogP contribution in [0.4, 0.5) is 0 Å². The highest BCUT2D eigenvalue weighted by molar-refractivity contribution is 5.69. The molecular formula is C12H14N4O2. The van der Waals surface area contributed by atoms with Crippen LogP contribution < -0.4 is 5.84 Å². The Morgan fingerprint density at radius 1 is 1.39 bits per heavy atom. The predicted molar refractivity (Wildman–Crippen MR) is 66.1 cm³/mol. The van der Waals surface area contributed by atoms with Gasteiger partial charge in [0, 0.05) is 12.0 Å². The minimum absolute atomic E-state index is 0.256. The van der Waals surface area contributed by atoms with Crippen LogP contribution in [0.3, 0.4) is 0 Å².